The average molecular weight is 195 g/mol. The molecule has 1 aromatic heterocycles. The molecule has 0 saturated heterocycles. The number of rotatable bonds is 3. The number of carbonyl (C=O) groups is 1. The zero-order chi connectivity index (χ0) is 10.7. The van der Waals surface area contributed by atoms with E-state index in [1.807, 2.05) is 12.4 Å². The van der Waals surface area contributed by atoms with Crippen molar-refractivity contribution >= 4 is 5.91 Å². The lowest BCUT2D eigenvalue weighted by atomic mass is 10.1. The summed E-state index contributed by atoms with van der Waals surface area (Å²) in [6.45, 7) is 4.53. The molecule has 0 bridgehead atoms. The molecule has 0 atom stereocenters. The third-order valence-electron chi connectivity index (χ3n) is 2.12. The first kappa shape index (κ1) is 10.8. The van der Waals surface area contributed by atoms with Gasteiger partial charge in [-0.05, 0) is 11.5 Å². The predicted octanol–water partition coefficient (Wildman–Crippen LogP) is 1.09. The minimum atomic E-state index is 0.0587. The van der Waals surface area contributed by atoms with Crippen LogP contribution in [0, 0.1) is 0 Å². The molecule has 0 radical (unpaired) electrons. The lowest BCUT2D eigenvalue weighted by Gasteiger charge is -2.09. The van der Waals surface area contributed by atoms with Crippen LogP contribution in [-0.2, 0) is 11.3 Å². The van der Waals surface area contributed by atoms with E-state index in [4.69, 9.17) is 0 Å². The average Bonchev–Trinajstić information content (AvgIpc) is 2.52. The molecule has 0 unspecified atom stereocenters. The van der Waals surface area contributed by atoms with Gasteiger partial charge in [-0.2, -0.15) is 5.10 Å². The molecule has 0 aliphatic rings. The quantitative estimate of drug-likeness (QED) is 0.724. The highest BCUT2D eigenvalue weighted by atomic mass is 16.2. The molecular weight excluding hydrogens is 178 g/mol. The molecule has 0 saturated carbocycles. The van der Waals surface area contributed by atoms with Crippen LogP contribution >= 0.6 is 0 Å². The molecule has 0 fully saturated rings. The fourth-order valence-corrected chi connectivity index (χ4v) is 1.04. The predicted molar refractivity (Wildman–Crippen MR) is 55.0 cm³/mol. The Morgan fingerprint density at radius 1 is 1.57 bits per heavy atom. The third kappa shape index (κ3) is 2.58. The van der Waals surface area contributed by atoms with Crippen molar-refractivity contribution in [1.82, 2.24) is 14.7 Å². The Balaban J connectivity index is 2.64. The molecule has 1 rings (SSSR count). The lowest BCUT2D eigenvalue weighted by molar-refractivity contribution is -0.129. The fraction of sp³-hybridized carbons (Fsp3) is 0.600. The maximum Gasteiger partial charge on any atom is 0.243 e. The Hall–Kier alpha value is -1.32. The fourth-order valence-electron chi connectivity index (χ4n) is 1.04. The molecule has 4 heteroatoms. The summed E-state index contributed by atoms with van der Waals surface area (Å²) in [5.74, 6) is 0.515. The largest absolute Gasteiger partial charge is 0.347 e. The number of likely N-dealkylation sites (N-methyl/N-ethyl adjacent to an activating group) is 1. The lowest BCUT2D eigenvalue weighted by Crippen LogP contribution is -2.26. The van der Waals surface area contributed by atoms with Crippen molar-refractivity contribution in [3.8, 4) is 0 Å². The van der Waals surface area contributed by atoms with Gasteiger partial charge in [0.05, 0.1) is 6.20 Å². The van der Waals surface area contributed by atoms with E-state index in [1.165, 1.54) is 0 Å². The van der Waals surface area contributed by atoms with Crippen LogP contribution in [0.15, 0.2) is 12.4 Å². The molecule has 1 amide bonds. The summed E-state index contributed by atoms with van der Waals surface area (Å²) in [6.07, 6.45) is 3.74. The zero-order valence-corrected chi connectivity index (χ0v) is 9.19. The number of aromatic nitrogens is 2. The van der Waals surface area contributed by atoms with Crippen molar-refractivity contribution in [3.63, 3.8) is 0 Å². The topological polar surface area (TPSA) is 38.1 Å². The first-order valence-corrected chi connectivity index (χ1v) is 4.73. The second-order valence-corrected chi connectivity index (χ2v) is 3.91. The maximum absolute atomic E-state index is 11.4. The highest BCUT2D eigenvalue weighted by molar-refractivity contribution is 5.75. The normalized spacial score (nSPS) is 10.6. The van der Waals surface area contributed by atoms with Crippen LogP contribution in [-0.4, -0.2) is 34.7 Å². The van der Waals surface area contributed by atoms with Gasteiger partial charge >= 0.3 is 0 Å². The van der Waals surface area contributed by atoms with Crippen molar-refractivity contribution in [2.24, 2.45) is 0 Å². The summed E-state index contributed by atoms with van der Waals surface area (Å²) >= 11 is 0. The molecule has 0 aliphatic carbocycles. The van der Waals surface area contributed by atoms with E-state index in [0.29, 0.717) is 12.5 Å². The molecule has 0 N–H and O–H groups in total. The number of carbonyl (C=O) groups excluding carboxylic acids is 1. The van der Waals surface area contributed by atoms with Gasteiger partial charge in [0.25, 0.3) is 0 Å². The number of amides is 1. The van der Waals surface area contributed by atoms with Crippen LogP contribution < -0.4 is 0 Å². The third-order valence-corrected chi connectivity index (χ3v) is 2.12. The Labute approximate surface area is 84.5 Å². The molecule has 14 heavy (non-hydrogen) atoms. The van der Waals surface area contributed by atoms with Crippen LogP contribution in [0.2, 0.25) is 0 Å². The van der Waals surface area contributed by atoms with Crippen LogP contribution in [0.3, 0.4) is 0 Å². The second kappa shape index (κ2) is 4.26. The van der Waals surface area contributed by atoms with E-state index >= 15 is 0 Å². The van der Waals surface area contributed by atoms with E-state index in [1.54, 1.807) is 23.7 Å². The summed E-state index contributed by atoms with van der Waals surface area (Å²) < 4.78 is 1.68. The molecule has 1 heterocycles. The van der Waals surface area contributed by atoms with Crippen molar-refractivity contribution in [2.45, 2.75) is 26.3 Å². The molecule has 0 aromatic carbocycles. The van der Waals surface area contributed by atoms with Gasteiger partial charge in [-0.25, -0.2) is 0 Å². The van der Waals surface area contributed by atoms with E-state index in [-0.39, 0.29) is 5.91 Å². The number of nitrogens with zero attached hydrogens (tertiary/aromatic N) is 3. The highest BCUT2D eigenvalue weighted by Crippen LogP contribution is 2.11. The molecule has 4 nitrogen and oxygen atoms in total. The minimum Gasteiger partial charge on any atom is -0.347 e. The Bertz CT molecular complexity index is 315. The van der Waals surface area contributed by atoms with Gasteiger partial charge < -0.3 is 4.90 Å². The number of hydrogen-bond donors (Lipinski definition) is 0. The van der Waals surface area contributed by atoms with Crippen molar-refractivity contribution in [1.29, 1.82) is 0 Å². The van der Waals surface area contributed by atoms with Crippen LogP contribution in [0.4, 0.5) is 0 Å². The minimum absolute atomic E-state index is 0.0587. The first-order valence-electron chi connectivity index (χ1n) is 4.73. The van der Waals surface area contributed by atoms with Crippen LogP contribution in [0.1, 0.15) is 25.3 Å². The Morgan fingerprint density at radius 3 is 2.64 bits per heavy atom. The Kier molecular flexibility index (Phi) is 3.28. The molecule has 78 valence electrons. The second-order valence-electron chi connectivity index (χ2n) is 3.91. The van der Waals surface area contributed by atoms with Gasteiger partial charge in [-0.3, -0.25) is 9.48 Å². The zero-order valence-electron chi connectivity index (χ0n) is 9.19. The van der Waals surface area contributed by atoms with Crippen LogP contribution in [0.5, 0.6) is 0 Å². The van der Waals surface area contributed by atoms with E-state index in [0.717, 1.165) is 5.56 Å². The molecular formula is C10H17N3O. The van der Waals surface area contributed by atoms with Gasteiger partial charge in [0.2, 0.25) is 5.91 Å². The number of hydrogen-bond acceptors (Lipinski definition) is 2. The maximum atomic E-state index is 11.4. The van der Waals surface area contributed by atoms with Gasteiger partial charge in [0, 0.05) is 20.3 Å². The summed E-state index contributed by atoms with van der Waals surface area (Å²) in [5, 5.41) is 4.13. The van der Waals surface area contributed by atoms with Crippen LogP contribution in [0.25, 0.3) is 0 Å². The van der Waals surface area contributed by atoms with E-state index in [2.05, 4.69) is 18.9 Å². The standard InChI is InChI=1S/C10H17N3O/c1-8(2)9-5-11-13(6-9)7-10(14)12(3)4/h5-6,8H,7H2,1-4H3. The summed E-state index contributed by atoms with van der Waals surface area (Å²) in [6, 6.07) is 0. The van der Waals surface area contributed by atoms with E-state index < -0.39 is 0 Å². The first-order chi connectivity index (χ1) is 6.50. The summed E-state index contributed by atoms with van der Waals surface area (Å²) in [7, 11) is 3.49. The van der Waals surface area contributed by atoms with Crippen molar-refractivity contribution in [2.75, 3.05) is 14.1 Å². The Morgan fingerprint density at radius 2 is 2.21 bits per heavy atom. The van der Waals surface area contributed by atoms with E-state index in [9.17, 15) is 4.79 Å². The highest BCUT2D eigenvalue weighted by Gasteiger charge is 2.07. The van der Waals surface area contributed by atoms with Crippen molar-refractivity contribution < 1.29 is 4.79 Å². The summed E-state index contributed by atoms with van der Waals surface area (Å²) in [5.41, 5.74) is 1.16. The molecule has 1 aromatic rings. The van der Waals surface area contributed by atoms with Gasteiger partial charge in [0.1, 0.15) is 6.54 Å². The van der Waals surface area contributed by atoms with Crippen molar-refractivity contribution in [3.05, 3.63) is 18.0 Å². The molecule has 0 spiro atoms. The SMILES string of the molecule is CC(C)c1cnn(CC(=O)N(C)C)c1. The van der Waals surface area contributed by atoms with Gasteiger partial charge in [-0.15, -0.1) is 0 Å². The monoisotopic (exact) mass is 195 g/mol. The van der Waals surface area contributed by atoms with Gasteiger partial charge in [-0.1, -0.05) is 13.8 Å². The smallest absolute Gasteiger partial charge is 0.243 e. The summed E-state index contributed by atoms with van der Waals surface area (Å²) in [4.78, 5) is 12.9. The van der Waals surface area contributed by atoms with Gasteiger partial charge in [0.15, 0.2) is 0 Å². The molecule has 0 aliphatic heterocycles.